The predicted octanol–water partition coefficient (Wildman–Crippen LogP) is 4.93. The van der Waals surface area contributed by atoms with E-state index in [1.807, 2.05) is 0 Å². The maximum atomic E-state index is 12.6. The van der Waals surface area contributed by atoms with Crippen LogP contribution >= 0.6 is 47.2 Å². The number of thiocarbonyl (C=S) groups is 1. The Labute approximate surface area is 181 Å². The number of nitrogens with zero attached hydrogens (tertiary/aromatic N) is 1. The molecule has 1 fully saturated rings. The zero-order chi connectivity index (χ0) is 20.3. The summed E-state index contributed by atoms with van der Waals surface area (Å²) < 4.78 is 0.358. The average molecular weight is 453 g/mol. The van der Waals surface area contributed by atoms with E-state index < -0.39 is 0 Å². The summed E-state index contributed by atoms with van der Waals surface area (Å²) in [6.07, 6.45) is 1.62. The molecule has 0 aromatic heterocycles. The number of halogens is 2. The summed E-state index contributed by atoms with van der Waals surface area (Å²) in [7, 11) is 0. The Balaban J connectivity index is 1.63. The number of carbonyl (C=O) groups excluding carboxylic acids is 2. The van der Waals surface area contributed by atoms with Gasteiger partial charge in [-0.3, -0.25) is 14.5 Å². The van der Waals surface area contributed by atoms with E-state index in [1.54, 1.807) is 36.4 Å². The molecule has 0 saturated carbocycles. The zero-order valence-corrected chi connectivity index (χ0v) is 17.5. The van der Waals surface area contributed by atoms with Crippen molar-refractivity contribution in [2.75, 3.05) is 11.9 Å². The lowest BCUT2D eigenvalue weighted by Crippen LogP contribution is -2.31. The van der Waals surface area contributed by atoms with Gasteiger partial charge in [0.2, 0.25) is 5.91 Å². The van der Waals surface area contributed by atoms with Gasteiger partial charge in [0.15, 0.2) is 0 Å². The maximum absolute atomic E-state index is 12.6. The number of thioether (sulfide) groups is 1. The van der Waals surface area contributed by atoms with Crippen LogP contribution in [0.3, 0.4) is 0 Å². The minimum atomic E-state index is -0.311. The minimum absolute atomic E-state index is 0.0111. The van der Waals surface area contributed by atoms with Crippen molar-refractivity contribution in [2.24, 2.45) is 0 Å². The van der Waals surface area contributed by atoms with E-state index in [1.165, 1.54) is 17.0 Å². The van der Waals surface area contributed by atoms with E-state index in [2.05, 4.69) is 5.32 Å². The van der Waals surface area contributed by atoms with Gasteiger partial charge in [0.25, 0.3) is 5.91 Å². The first-order chi connectivity index (χ1) is 13.3. The van der Waals surface area contributed by atoms with Crippen LogP contribution in [-0.2, 0) is 9.59 Å². The molecule has 2 N–H and O–H groups in total. The SMILES string of the molecule is O=C(CCN1C(=O)/C(=C/c2cc(Cl)ccc2O)SC1=S)Nc1ccc(Cl)cc1. The highest BCUT2D eigenvalue weighted by atomic mass is 35.5. The molecule has 1 saturated heterocycles. The Morgan fingerprint density at radius 1 is 1.18 bits per heavy atom. The third-order valence-corrected chi connectivity index (χ3v) is 5.71. The van der Waals surface area contributed by atoms with Crippen LogP contribution in [-0.4, -0.2) is 32.7 Å². The van der Waals surface area contributed by atoms with E-state index in [0.29, 0.717) is 30.5 Å². The Morgan fingerprint density at radius 2 is 1.86 bits per heavy atom. The predicted molar refractivity (Wildman–Crippen MR) is 118 cm³/mol. The van der Waals surface area contributed by atoms with Gasteiger partial charge in [-0.05, 0) is 48.5 Å². The number of anilines is 1. The fourth-order valence-corrected chi connectivity index (χ4v) is 4.05. The lowest BCUT2D eigenvalue weighted by atomic mass is 10.2. The molecule has 2 amide bonds. The molecule has 9 heteroatoms. The van der Waals surface area contributed by atoms with Gasteiger partial charge in [-0.15, -0.1) is 0 Å². The van der Waals surface area contributed by atoms with Gasteiger partial charge in [0, 0.05) is 34.3 Å². The lowest BCUT2D eigenvalue weighted by Gasteiger charge is -2.14. The number of hydrogen-bond acceptors (Lipinski definition) is 5. The number of benzene rings is 2. The largest absolute Gasteiger partial charge is 0.507 e. The molecule has 2 aromatic carbocycles. The summed E-state index contributed by atoms with van der Waals surface area (Å²) in [5.74, 6) is -0.543. The van der Waals surface area contributed by atoms with Gasteiger partial charge in [0.1, 0.15) is 10.1 Å². The first-order valence-corrected chi connectivity index (χ1v) is 10.1. The Morgan fingerprint density at radius 3 is 2.57 bits per heavy atom. The first kappa shape index (κ1) is 20.7. The van der Waals surface area contributed by atoms with Gasteiger partial charge in [-0.25, -0.2) is 0 Å². The second-order valence-electron chi connectivity index (χ2n) is 5.84. The first-order valence-electron chi connectivity index (χ1n) is 8.13. The molecule has 0 atom stereocenters. The van der Waals surface area contributed by atoms with Gasteiger partial charge < -0.3 is 10.4 Å². The summed E-state index contributed by atoms with van der Waals surface area (Å²) in [6.45, 7) is 0.156. The molecule has 0 aliphatic carbocycles. The van der Waals surface area contributed by atoms with Crippen LogP contribution in [0.5, 0.6) is 5.75 Å². The Hall–Kier alpha value is -2.06. The maximum Gasteiger partial charge on any atom is 0.266 e. The Kier molecular flexibility index (Phi) is 6.61. The molecule has 0 bridgehead atoms. The number of phenols is 1. The second-order valence-corrected chi connectivity index (χ2v) is 8.39. The fourth-order valence-electron chi connectivity index (χ4n) is 2.45. The summed E-state index contributed by atoms with van der Waals surface area (Å²) in [6, 6.07) is 11.3. The lowest BCUT2D eigenvalue weighted by molar-refractivity contribution is -0.122. The average Bonchev–Trinajstić information content (AvgIpc) is 2.91. The van der Waals surface area contributed by atoms with Crippen molar-refractivity contribution in [3.05, 3.63) is 63.0 Å². The molecule has 0 spiro atoms. The van der Waals surface area contributed by atoms with E-state index in [0.717, 1.165) is 11.8 Å². The third-order valence-electron chi connectivity index (χ3n) is 3.84. The number of amides is 2. The Bertz CT molecular complexity index is 978. The molecule has 0 unspecified atom stereocenters. The molecular formula is C19H14Cl2N2O3S2. The quantitative estimate of drug-likeness (QED) is 0.497. The molecule has 144 valence electrons. The minimum Gasteiger partial charge on any atom is -0.507 e. The number of hydrogen-bond donors (Lipinski definition) is 2. The summed E-state index contributed by atoms with van der Waals surface area (Å²) >= 11 is 18.1. The van der Waals surface area contributed by atoms with E-state index in [4.69, 9.17) is 35.4 Å². The summed E-state index contributed by atoms with van der Waals surface area (Å²) in [4.78, 5) is 26.5. The molecular weight excluding hydrogens is 439 g/mol. The third kappa shape index (κ3) is 5.05. The summed E-state index contributed by atoms with van der Waals surface area (Å²) in [5.41, 5.74) is 1.05. The molecule has 1 aliphatic heterocycles. The number of nitrogens with one attached hydrogen (secondary N) is 1. The van der Waals surface area contributed by atoms with Crippen molar-refractivity contribution >= 4 is 75.1 Å². The number of carbonyl (C=O) groups is 2. The smallest absolute Gasteiger partial charge is 0.266 e. The van der Waals surface area contributed by atoms with Crippen molar-refractivity contribution in [1.82, 2.24) is 4.90 Å². The molecule has 2 aromatic rings. The fraction of sp³-hybridized carbons (Fsp3) is 0.105. The number of aromatic hydroxyl groups is 1. The zero-order valence-electron chi connectivity index (χ0n) is 14.3. The molecule has 5 nitrogen and oxygen atoms in total. The molecule has 1 heterocycles. The van der Waals surface area contributed by atoms with Crippen molar-refractivity contribution in [3.8, 4) is 5.75 Å². The van der Waals surface area contributed by atoms with E-state index >= 15 is 0 Å². The van der Waals surface area contributed by atoms with Crippen LogP contribution in [0.4, 0.5) is 5.69 Å². The summed E-state index contributed by atoms with van der Waals surface area (Å²) in [5, 5.41) is 13.7. The molecule has 28 heavy (non-hydrogen) atoms. The van der Waals surface area contributed by atoms with Crippen LogP contribution in [0.25, 0.3) is 6.08 Å². The highest BCUT2D eigenvalue weighted by Gasteiger charge is 2.32. The monoisotopic (exact) mass is 452 g/mol. The van der Waals surface area contributed by atoms with Crippen LogP contribution in [0.15, 0.2) is 47.4 Å². The number of rotatable bonds is 5. The van der Waals surface area contributed by atoms with Gasteiger partial charge in [-0.1, -0.05) is 47.2 Å². The second kappa shape index (κ2) is 8.96. The van der Waals surface area contributed by atoms with Gasteiger partial charge in [0.05, 0.1) is 4.91 Å². The highest BCUT2D eigenvalue weighted by Crippen LogP contribution is 2.34. The molecule has 3 rings (SSSR count). The van der Waals surface area contributed by atoms with Crippen LogP contribution in [0.1, 0.15) is 12.0 Å². The van der Waals surface area contributed by atoms with Crippen molar-refractivity contribution in [1.29, 1.82) is 0 Å². The van der Waals surface area contributed by atoms with Crippen molar-refractivity contribution < 1.29 is 14.7 Å². The standard InChI is InChI=1S/C19H14Cl2N2O3S2/c20-12-1-4-14(5-2-12)22-17(25)7-8-23-18(26)16(28-19(23)27)10-11-9-13(21)3-6-15(11)24/h1-6,9-10,24H,7-8H2,(H,22,25)/b16-10-. The van der Waals surface area contributed by atoms with Crippen molar-refractivity contribution in [2.45, 2.75) is 6.42 Å². The number of phenolic OH excluding ortho intramolecular Hbond substituents is 1. The topological polar surface area (TPSA) is 69.6 Å². The van der Waals surface area contributed by atoms with Gasteiger partial charge in [-0.2, -0.15) is 0 Å². The van der Waals surface area contributed by atoms with Crippen LogP contribution in [0.2, 0.25) is 10.0 Å². The van der Waals surface area contributed by atoms with Crippen LogP contribution in [0, 0.1) is 0 Å². The van der Waals surface area contributed by atoms with E-state index in [-0.39, 0.29) is 30.5 Å². The van der Waals surface area contributed by atoms with E-state index in [9.17, 15) is 14.7 Å². The molecule has 1 aliphatic rings. The molecule has 0 radical (unpaired) electrons. The normalized spacial score (nSPS) is 15.4. The van der Waals surface area contributed by atoms with Crippen LogP contribution < -0.4 is 5.32 Å². The van der Waals surface area contributed by atoms with Gasteiger partial charge >= 0.3 is 0 Å². The van der Waals surface area contributed by atoms with Crippen molar-refractivity contribution in [3.63, 3.8) is 0 Å². The highest BCUT2D eigenvalue weighted by molar-refractivity contribution is 8.26.